The van der Waals surface area contributed by atoms with Gasteiger partial charge in [-0.15, -0.1) is 0 Å². The van der Waals surface area contributed by atoms with Crippen molar-refractivity contribution in [3.63, 3.8) is 0 Å². The van der Waals surface area contributed by atoms with Gasteiger partial charge in [0.15, 0.2) is 23.6 Å². The summed E-state index contributed by atoms with van der Waals surface area (Å²) in [5.74, 6) is -0.142. The molecule has 10 heteroatoms. The normalized spacial score (nSPS) is 30.1. The second kappa shape index (κ2) is 4.51. The van der Waals surface area contributed by atoms with Gasteiger partial charge in [-0.25, -0.2) is 9.37 Å². The molecule has 1 fully saturated rings. The van der Waals surface area contributed by atoms with E-state index in [1.807, 2.05) is 0 Å². The number of halogens is 1. The predicted molar refractivity (Wildman–Crippen MR) is 64.5 cm³/mol. The van der Waals surface area contributed by atoms with Gasteiger partial charge in [0.2, 0.25) is 5.95 Å². The van der Waals surface area contributed by atoms with E-state index >= 15 is 0 Å². The average Bonchev–Trinajstić information content (AvgIpc) is 2.93. The number of nitrogens with one attached hydrogen (secondary N) is 1. The predicted octanol–water partition coefficient (Wildman–Crippen LogP) is -1.71. The summed E-state index contributed by atoms with van der Waals surface area (Å²) in [4.78, 5) is 21.6. The third-order valence-corrected chi connectivity index (χ3v) is 3.20. The fraction of sp³-hybridized carbons (Fsp3) is 0.500. The fourth-order valence-electron chi connectivity index (χ4n) is 2.21. The Labute approximate surface area is 110 Å². The Bertz CT molecular complexity index is 701. The first-order valence-corrected chi connectivity index (χ1v) is 5.83. The molecule has 0 amide bonds. The van der Waals surface area contributed by atoms with Gasteiger partial charge >= 0.3 is 0 Å². The molecular weight excluding hydrogens is 273 g/mol. The third kappa shape index (κ3) is 1.77. The van der Waals surface area contributed by atoms with Gasteiger partial charge in [-0.05, 0) is 0 Å². The first-order valence-electron chi connectivity index (χ1n) is 5.83. The molecule has 3 rings (SSSR count). The van der Waals surface area contributed by atoms with Gasteiger partial charge in [-0.2, -0.15) is 4.98 Å². The van der Waals surface area contributed by atoms with Gasteiger partial charge in [0.05, 0.1) is 12.9 Å². The number of nitrogen functional groups attached to an aromatic ring is 1. The first-order chi connectivity index (χ1) is 9.52. The van der Waals surface area contributed by atoms with Gasteiger partial charge in [-0.1, -0.05) is 0 Å². The fourth-order valence-corrected chi connectivity index (χ4v) is 2.21. The van der Waals surface area contributed by atoms with Crippen molar-refractivity contribution < 1.29 is 19.3 Å². The number of aromatic amines is 1. The van der Waals surface area contributed by atoms with Crippen LogP contribution in [-0.4, -0.2) is 54.7 Å². The summed E-state index contributed by atoms with van der Waals surface area (Å²) < 4.78 is 20.4. The van der Waals surface area contributed by atoms with Crippen molar-refractivity contribution in [2.24, 2.45) is 0 Å². The maximum absolute atomic E-state index is 14.0. The van der Waals surface area contributed by atoms with Crippen molar-refractivity contribution in [3.05, 3.63) is 16.7 Å². The number of hydrogen-bond acceptors (Lipinski definition) is 7. The zero-order valence-electron chi connectivity index (χ0n) is 10.1. The Balaban J connectivity index is 2.09. The van der Waals surface area contributed by atoms with E-state index in [4.69, 9.17) is 15.6 Å². The lowest BCUT2D eigenvalue weighted by Crippen LogP contribution is -2.30. The van der Waals surface area contributed by atoms with Gasteiger partial charge in [-0.3, -0.25) is 14.3 Å². The quantitative estimate of drug-likeness (QED) is 0.515. The van der Waals surface area contributed by atoms with Crippen molar-refractivity contribution in [3.8, 4) is 0 Å². The topological polar surface area (TPSA) is 139 Å². The number of fused-ring (bicyclic) bond motifs is 1. The number of imidazole rings is 1. The van der Waals surface area contributed by atoms with Crippen LogP contribution >= 0.6 is 0 Å². The number of aliphatic hydroxyl groups excluding tert-OH is 2. The second-order valence-corrected chi connectivity index (χ2v) is 4.46. The summed E-state index contributed by atoms with van der Waals surface area (Å²) in [5.41, 5.74) is 4.91. The molecule has 9 nitrogen and oxygen atoms in total. The summed E-state index contributed by atoms with van der Waals surface area (Å²) in [6, 6.07) is 0. The molecule has 1 aliphatic rings. The van der Waals surface area contributed by atoms with E-state index in [2.05, 4.69) is 15.0 Å². The van der Waals surface area contributed by atoms with E-state index in [0.29, 0.717) is 0 Å². The van der Waals surface area contributed by atoms with Crippen LogP contribution in [0.25, 0.3) is 11.2 Å². The molecule has 0 unspecified atom stereocenters. The minimum absolute atomic E-state index is 0.0167. The molecule has 1 saturated heterocycles. The second-order valence-electron chi connectivity index (χ2n) is 4.46. The van der Waals surface area contributed by atoms with Crippen LogP contribution in [0.3, 0.4) is 0 Å². The lowest BCUT2D eigenvalue weighted by molar-refractivity contribution is -0.0459. The summed E-state index contributed by atoms with van der Waals surface area (Å²) in [6.07, 6.45) is -4.36. The van der Waals surface area contributed by atoms with Gasteiger partial charge in [0.1, 0.15) is 12.2 Å². The minimum atomic E-state index is -1.79. The third-order valence-electron chi connectivity index (χ3n) is 3.20. The van der Waals surface area contributed by atoms with Crippen molar-refractivity contribution >= 4 is 17.1 Å². The molecule has 5 N–H and O–H groups in total. The standard InChI is InChI=1S/C10H12FN5O4/c11-4-6(18)3(1-17)20-9(4)16-2-13-5-7(16)14-10(12)15-8(5)19/h2-4,6,9,17-18H,1H2,(H3,12,14,15,19)/t3-,4+,6-,9-/m1/s1. The molecule has 3 heterocycles. The number of anilines is 1. The van der Waals surface area contributed by atoms with Gasteiger partial charge < -0.3 is 20.7 Å². The highest BCUT2D eigenvalue weighted by atomic mass is 19.1. The summed E-state index contributed by atoms with van der Waals surface area (Å²) in [5, 5.41) is 18.6. The highest BCUT2D eigenvalue weighted by Crippen LogP contribution is 2.32. The van der Waals surface area contributed by atoms with Crippen LogP contribution in [0.5, 0.6) is 0 Å². The average molecular weight is 285 g/mol. The first kappa shape index (κ1) is 13.0. The maximum Gasteiger partial charge on any atom is 0.280 e. The number of aromatic nitrogens is 4. The monoisotopic (exact) mass is 285 g/mol. The summed E-state index contributed by atoms with van der Waals surface area (Å²) in [7, 11) is 0. The summed E-state index contributed by atoms with van der Waals surface area (Å²) in [6.45, 7) is -0.527. The zero-order valence-corrected chi connectivity index (χ0v) is 10.1. The molecule has 1 aliphatic heterocycles. The zero-order chi connectivity index (χ0) is 14.4. The smallest absolute Gasteiger partial charge is 0.280 e. The van der Waals surface area contributed by atoms with Crippen molar-refractivity contribution in [1.29, 1.82) is 0 Å². The van der Waals surface area contributed by atoms with Crippen LogP contribution in [0.4, 0.5) is 10.3 Å². The van der Waals surface area contributed by atoms with Gasteiger partial charge in [0.25, 0.3) is 5.56 Å². The molecule has 2 aromatic rings. The summed E-state index contributed by atoms with van der Waals surface area (Å²) >= 11 is 0. The molecule has 20 heavy (non-hydrogen) atoms. The molecule has 4 atom stereocenters. The van der Waals surface area contributed by atoms with E-state index < -0.39 is 36.8 Å². The molecule has 0 spiro atoms. The van der Waals surface area contributed by atoms with E-state index in [0.717, 1.165) is 0 Å². The van der Waals surface area contributed by atoms with E-state index in [9.17, 15) is 14.3 Å². The van der Waals surface area contributed by atoms with Crippen molar-refractivity contribution in [2.45, 2.75) is 24.6 Å². The lowest BCUT2D eigenvalue weighted by atomic mass is 10.1. The van der Waals surface area contributed by atoms with Crippen LogP contribution < -0.4 is 11.3 Å². The van der Waals surface area contributed by atoms with E-state index in [1.165, 1.54) is 10.9 Å². The van der Waals surface area contributed by atoms with Crippen LogP contribution in [0.15, 0.2) is 11.1 Å². The molecule has 0 saturated carbocycles. The number of ether oxygens (including phenoxy) is 1. The highest BCUT2D eigenvalue weighted by molar-refractivity contribution is 5.70. The number of nitrogens with two attached hydrogens (primary N) is 1. The van der Waals surface area contributed by atoms with Crippen molar-refractivity contribution in [2.75, 3.05) is 12.3 Å². The number of alkyl halides is 1. The molecule has 108 valence electrons. The van der Waals surface area contributed by atoms with Crippen LogP contribution in [0, 0.1) is 0 Å². The van der Waals surface area contributed by atoms with Crippen LogP contribution in [-0.2, 0) is 4.74 Å². The Kier molecular flexibility index (Phi) is 2.92. The van der Waals surface area contributed by atoms with E-state index in [-0.39, 0.29) is 17.1 Å². The number of rotatable bonds is 2. The van der Waals surface area contributed by atoms with Crippen molar-refractivity contribution in [1.82, 2.24) is 19.5 Å². The number of nitrogens with zero attached hydrogens (tertiary/aromatic N) is 3. The molecule has 0 aromatic carbocycles. The van der Waals surface area contributed by atoms with E-state index in [1.54, 1.807) is 0 Å². The molecular formula is C10H12FN5O4. The number of aliphatic hydroxyl groups is 2. The Morgan fingerprint density at radius 2 is 2.35 bits per heavy atom. The lowest BCUT2D eigenvalue weighted by Gasteiger charge is -2.14. The van der Waals surface area contributed by atoms with Crippen LogP contribution in [0.1, 0.15) is 6.23 Å². The SMILES string of the molecule is Nc1nc2c(ncn2[C@@H]2O[C@H](CO)[C@@H](O)[C@@H]2F)c(=O)[nH]1. The Hall–Kier alpha value is -2.04. The largest absolute Gasteiger partial charge is 0.394 e. The number of H-pyrrole nitrogens is 1. The Morgan fingerprint density at radius 1 is 1.60 bits per heavy atom. The maximum atomic E-state index is 14.0. The minimum Gasteiger partial charge on any atom is -0.394 e. The van der Waals surface area contributed by atoms with Gasteiger partial charge in [0, 0.05) is 0 Å². The highest BCUT2D eigenvalue weighted by Gasteiger charge is 2.45. The molecule has 0 radical (unpaired) electrons. The Morgan fingerprint density at radius 3 is 3.00 bits per heavy atom. The number of hydrogen-bond donors (Lipinski definition) is 4. The van der Waals surface area contributed by atoms with Crippen LogP contribution in [0.2, 0.25) is 0 Å². The molecule has 0 aliphatic carbocycles. The molecule has 2 aromatic heterocycles. The molecule has 0 bridgehead atoms.